The predicted octanol–water partition coefficient (Wildman–Crippen LogP) is 0.321. The number of amides is 2. The second kappa shape index (κ2) is 4.77. The molecule has 78 valence electrons. The molecular formula is C12H8N2O2. The van der Waals surface area contributed by atoms with Gasteiger partial charge in [0, 0.05) is 12.5 Å². The molecule has 0 spiro atoms. The molecule has 0 unspecified atom stereocenters. The standard InChI is InChI=1S/C12H8N2O2/c1-4-10-6-9(7-11(5-2)14-10)12(16)13-8(3)15/h1-2,6-7H,3H3,(H,13,15,16). The number of imide groups is 1. The number of hydrogen-bond donors (Lipinski definition) is 1. The molecule has 0 atom stereocenters. The van der Waals surface area contributed by atoms with Crippen molar-refractivity contribution in [1.29, 1.82) is 0 Å². The molecule has 1 aromatic rings. The smallest absolute Gasteiger partial charge is 0.258 e. The molecule has 0 bridgehead atoms. The van der Waals surface area contributed by atoms with E-state index in [9.17, 15) is 9.59 Å². The summed E-state index contributed by atoms with van der Waals surface area (Å²) in [4.78, 5) is 26.1. The molecular weight excluding hydrogens is 204 g/mol. The van der Waals surface area contributed by atoms with Crippen molar-refractivity contribution in [1.82, 2.24) is 10.3 Å². The summed E-state index contributed by atoms with van der Waals surface area (Å²) in [6.45, 7) is 1.24. The summed E-state index contributed by atoms with van der Waals surface area (Å²) in [5.74, 6) is 3.55. The van der Waals surface area contributed by atoms with Gasteiger partial charge in [-0.15, -0.1) is 12.8 Å². The van der Waals surface area contributed by atoms with E-state index in [0.717, 1.165) is 0 Å². The van der Waals surface area contributed by atoms with Crippen molar-refractivity contribution in [3.05, 3.63) is 29.1 Å². The van der Waals surface area contributed by atoms with Crippen molar-refractivity contribution < 1.29 is 9.59 Å². The van der Waals surface area contributed by atoms with E-state index in [1.807, 2.05) is 0 Å². The normalized spacial score (nSPS) is 8.69. The van der Waals surface area contributed by atoms with Crippen LogP contribution < -0.4 is 5.32 Å². The van der Waals surface area contributed by atoms with Crippen LogP contribution >= 0.6 is 0 Å². The summed E-state index contributed by atoms with van der Waals surface area (Å²) in [5.41, 5.74) is 0.722. The zero-order valence-electron chi connectivity index (χ0n) is 8.57. The minimum atomic E-state index is -0.553. The second-order valence-electron chi connectivity index (χ2n) is 2.93. The Labute approximate surface area is 93.1 Å². The summed E-state index contributed by atoms with van der Waals surface area (Å²) in [7, 11) is 0. The van der Waals surface area contributed by atoms with Gasteiger partial charge in [0.25, 0.3) is 5.91 Å². The Hall–Kier alpha value is -2.59. The quantitative estimate of drug-likeness (QED) is 0.682. The molecule has 1 heterocycles. The van der Waals surface area contributed by atoms with Gasteiger partial charge in [-0.05, 0) is 12.1 Å². The van der Waals surface area contributed by atoms with Crippen LogP contribution in [0.25, 0.3) is 0 Å². The number of pyridine rings is 1. The van der Waals surface area contributed by atoms with Gasteiger partial charge in [-0.2, -0.15) is 0 Å². The fraction of sp³-hybridized carbons (Fsp3) is 0.0833. The lowest BCUT2D eigenvalue weighted by atomic mass is 10.2. The largest absolute Gasteiger partial charge is 0.293 e. The Balaban J connectivity index is 3.15. The van der Waals surface area contributed by atoms with Crippen LogP contribution in [-0.2, 0) is 4.79 Å². The molecule has 4 heteroatoms. The molecule has 1 N–H and O–H groups in total. The Morgan fingerprint density at radius 2 is 1.75 bits per heavy atom. The summed E-state index contributed by atoms with van der Waals surface area (Å²) in [6, 6.07) is 2.78. The third-order valence-corrected chi connectivity index (χ3v) is 1.67. The number of hydrogen-bond acceptors (Lipinski definition) is 3. The Morgan fingerprint density at radius 3 is 2.12 bits per heavy atom. The molecule has 1 aromatic heterocycles. The molecule has 0 fully saturated rings. The second-order valence-corrected chi connectivity index (χ2v) is 2.93. The van der Waals surface area contributed by atoms with Gasteiger partial charge in [0.2, 0.25) is 5.91 Å². The molecule has 4 nitrogen and oxygen atoms in total. The van der Waals surface area contributed by atoms with Crippen molar-refractivity contribution in [3.63, 3.8) is 0 Å². The molecule has 0 aliphatic carbocycles. The molecule has 1 rings (SSSR count). The zero-order chi connectivity index (χ0) is 12.1. The van der Waals surface area contributed by atoms with E-state index in [1.165, 1.54) is 19.1 Å². The van der Waals surface area contributed by atoms with Crippen molar-refractivity contribution in [2.75, 3.05) is 0 Å². The van der Waals surface area contributed by atoms with Gasteiger partial charge in [-0.3, -0.25) is 14.9 Å². The van der Waals surface area contributed by atoms with Crippen molar-refractivity contribution in [2.45, 2.75) is 6.92 Å². The topological polar surface area (TPSA) is 59.1 Å². The van der Waals surface area contributed by atoms with Crippen LogP contribution in [0.5, 0.6) is 0 Å². The number of aromatic nitrogens is 1. The van der Waals surface area contributed by atoms with E-state index in [1.54, 1.807) is 0 Å². The number of terminal acetylenes is 2. The average molecular weight is 212 g/mol. The number of carbonyl (C=O) groups excluding carboxylic acids is 2. The maximum atomic E-state index is 11.5. The Bertz CT molecular complexity index is 501. The van der Waals surface area contributed by atoms with Crippen LogP contribution in [0, 0.1) is 24.7 Å². The van der Waals surface area contributed by atoms with Crippen molar-refractivity contribution in [2.24, 2.45) is 0 Å². The lowest BCUT2D eigenvalue weighted by Gasteiger charge is -2.02. The van der Waals surface area contributed by atoms with Gasteiger partial charge < -0.3 is 0 Å². The van der Waals surface area contributed by atoms with Gasteiger partial charge in [-0.1, -0.05) is 11.8 Å². The summed E-state index contributed by atoms with van der Waals surface area (Å²) < 4.78 is 0. The fourth-order valence-corrected chi connectivity index (χ4v) is 1.04. The number of nitrogens with one attached hydrogen (secondary N) is 1. The molecule has 0 aromatic carbocycles. The third-order valence-electron chi connectivity index (χ3n) is 1.67. The first-order valence-electron chi connectivity index (χ1n) is 4.34. The van der Waals surface area contributed by atoms with Crippen molar-refractivity contribution >= 4 is 11.8 Å². The predicted molar refractivity (Wildman–Crippen MR) is 58.3 cm³/mol. The lowest BCUT2D eigenvalue weighted by Crippen LogP contribution is -2.28. The van der Waals surface area contributed by atoms with E-state index in [-0.39, 0.29) is 17.0 Å². The van der Waals surface area contributed by atoms with Crippen LogP contribution in [0.4, 0.5) is 0 Å². The van der Waals surface area contributed by atoms with Gasteiger partial charge in [0.05, 0.1) is 0 Å². The van der Waals surface area contributed by atoms with Crippen LogP contribution in [0.15, 0.2) is 12.1 Å². The molecule has 16 heavy (non-hydrogen) atoms. The van der Waals surface area contributed by atoms with Gasteiger partial charge in [-0.25, -0.2) is 4.98 Å². The van der Waals surface area contributed by atoms with E-state index in [2.05, 4.69) is 22.1 Å². The van der Waals surface area contributed by atoms with Gasteiger partial charge >= 0.3 is 0 Å². The summed E-state index contributed by atoms with van der Waals surface area (Å²) >= 11 is 0. The average Bonchev–Trinajstić information content (AvgIpc) is 2.27. The summed E-state index contributed by atoms with van der Waals surface area (Å²) in [5, 5.41) is 2.12. The van der Waals surface area contributed by atoms with E-state index >= 15 is 0 Å². The highest BCUT2D eigenvalue weighted by Gasteiger charge is 2.09. The maximum Gasteiger partial charge on any atom is 0.258 e. The minimum Gasteiger partial charge on any atom is -0.293 e. The molecule has 2 amide bonds. The first-order chi connectivity index (χ1) is 7.56. The Morgan fingerprint density at radius 1 is 1.25 bits per heavy atom. The highest BCUT2D eigenvalue weighted by molar-refractivity contribution is 6.04. The van der Waals surface area contributed by atoms with Crippen LogP contribution in [0.1, 0.15) is 28.7 Å². The van der Waals surface area contributed by atoms with Crippen molar-refractivity contribution in [3.8, 4) is 24.7 Å². The molecule has 0 aliphatic rings. The summed E-state index contributed by atoms with van der Waals surface area (Å²) in [6.07, 6.45) is 10.3. The Kier molecular flexibility index (Phi) is 3.42. The lowest BCUT2D eigenvalue weighted by molar-refractivity contribution is -0.118. The van der Waals surface area contributed by atoms with Gasteiger partial charge in [0.15, 0.2) is 0 Å². The van der Waals surface area contributed by atoms with Crippen LogP contribution in [0.2, 0.25) is 0 Å². The monoisotopic (exact) mass is 212 g/mol. The van der Waals surface area contributed by atoms with Crippen LogP contribution in [0.3, 0.4) is 0 Å². The fourth-order valence-electron chi connectivity index (χ4n) is 1.04. The molecule has 0 saturated heterocycles. The first kappa shape index (κ1) is 11.5. The molecule has 0 aliphatic heterocycles. The highest BCUT2D eigenvalue weighted by Crippen LogP contribution is 2.05. The molecule has 0 saturated carbocycles. The number of rotatable bonds is 1. The highest BCUT2D eigenvalue weighted by atomic mass is 16.2. The minimum absolute atomic E-state index is 0.214. The number of nitrogens with zero attached hydrogens (tertiary/aromatic N) is 1. The van der Waals surface area contributed by atoms with E-state index in [0.29, 0.717) is 0 Å². The molecule has 0 radical (unpaired) electrons. The first-order valence-corrected chi connectivity index (χ1v) is 4.34. The zero-order valence-corrected chi connectivity index (χ0v) is 8.57. The number of carbonyl (C=O) groups is 2. The van der Waals surface area contributed by atoms with Gasteiger partial charge in [0.1, 0.15) is 11.4 Å². The maximum absolute atomic E-state index is 11.5. The SMILES string of the molecule is C#Cc1cc(C(=O)NC(C)=O)cc(C#C)n1. The van der Waals surface area contributed by atoms with E-state index < -0.39 is 11.8 Å². The van der Waals surface area contributed by atoms with E-state index in [4.69, 9.17) is 12.8 Å². The third kappa shape index (κ3) is 2.70. The van der Waals surface area contributed by atoms with Crippen LogP contribution in [-0.4, -0.2) is 16.8 Å².